The SMILES string of the molecule is COc1ccccc1CCNC(=O)c1ccc(NCc2ccccc2OC)cn1. The highest BCUT2D eigenvalue weighted by Gasteiger charge is 2.08. The fraction of sp³-hybridized carbons (Fsp3) is 0.217. The Labute approximate surface area is 170 Å². The van der Waals surface area contributed by atoms with Gasteiger partial charge in [-0.15, -0.1) is 0 Å². The van der Waals surface area contributed by atoms with Gasteiger partial charge in [-0.1, -0.05) is 36.4 Å². The van der Waals surface area contributed by atoms with E-state index in [-0.39, 0.29) is 5.91 Å². The molecule has 0 aliphatic rings. The van der Waals surface area contributed by atoms with Gasteiger partial charge in [0.2, 0.25) is 0 Å². The molecule has 0 saturated heterocycles. The van der Waals surface area contributed by atoms with Gasteiger partial charge in [-0.05, 0) is 36.2 Å². The lowest BCUT2D eigenvalue weighted by atomic mass is 10.1. The zero-order valence-corrected chi connectivity index (χ0v) is 16.6. The average Bonchev–Trinajstić information content (AvgIpc) is 2.78. The largest absolute Gasteiger partial charge is 0.496 e. The number of benzene rings is 2. The number of methoxy groups -OCH3 is 2. The van der Waals surface area contributed by atoms with Gasteiger partial charge in [0.25, 0.3) is 5.91 Å². The third-order valence-corrected chi connectivity index (χ3v) is 4.54. The lowest BCUT2D eigenvalue weighted by Gasteiger charge is -2.11. The van der Waals surface area contributed by atoms with Crippen LogP contribution >= 0.6 is 0 Å². The number of amides is 1. The van der Waals surface area contributed by atoms with Gasteiger partial charge in [-0.2, -0.15) is 0 Å². The van der Waals surface area contributed by atoms with Crippen LogP contribution in [0.25, 0.3) is 0 Å². The third kappa shape index (κ3) is 5.48. The molecule has 2 aromatic carbocycles. The van der Waals surface area contributed by atoms with E-state index in [1.807, 2.05) is 54.6 Å². The minimum atomic E-state index is -0.198. The lowest BCUT2D eigenvalue weighted by molar-refractivity contribution is 0.0949. The maximum atomic E-state index is 12.3. The Morgan fingerprint density at radius 3 is 2.21 bits per heavy atom. The van der Waals surface area contributed by atoms with Crippen molar-refractivity contribution in [1.29, 1.82) is 0 Å². The van der Waals surface area contributed by atoms with Gasteiger partial charge < -0.3 is 20.1 Å². The van der Waals surface area contributed by atoms with Crippen molar-refractivity contribution in [2.45, 2.75) is 13.0 Å². The first-order valence-electron chi connectivity index (χ1n) is 9.43. The first-order chi connectivity index (χ1) is 14.2. The predicted molar refractivity (Wildman–Crippen MR) is 114 cm³/mol. The maximum absolute atomic E-state index is 12.3. The highest BCUT2D eigenvalue weighted by molar-refractivity contribution is 5.92. The summed E-state index contributed by atoms with van der Waals surface area (Å²) in [5, 5.41) is 6.19. The molecule has 29 heavy (non-hydrogen) atoms. The Morgan fingerprint density at radius 2 is 1.55 bits per heavy atom. The number of nitrogens with zero attached hydrogens (tertiary/aromatic N) is 1. The normalized spacial score (nSPS) is 10.3. The Balaban J connectivity index is 1.51. The molecule has 0 bridgehead atoms. The maximum Gasteiger partial charge on any atom is 0.269 e. The van der Waals surface area contributed by atoms with Crippen LogP contribution in [-0.2, 0) is 13.0 Å². The number of para-hydroxylation sites is 2. The van der Waals surface area contributed by atoms with Gasteiger partial charge in [0.1, 0.15) is 17.2 Å². The van der Waals surface area contributed by atoms with Gasteiger partial charge in [0.15, 0.2) is 0 Å². The zero-order chi connectivity index (χ0) is 20.5. The van der Waals surface area contributed by atoms with E-state index in [2.05, 4.69) is 15.6 Å². The second-order valence-corrected chi connectivity index (χ2v) is 6.42. The summed E-state index contributed by atoms with van der Waals surface area (Å²) >= 11 is 0. The molecule has 0 atom stereocenters. The number of rotatable bonds is 9. The minimum Gasteiger partial charge on any atom is -0.496 e. The molecule has 1 aromatic heterocycles. The summed E-state index contributed by atoms with van der Waals surface area (Å²) in [6.07, 6.45) is 2.35. The number of carbonyl (C=O) groups is 1. The molecule has 6 heteroatoms. The van der Waals surface area contributed by atoms with E-state index in [1.165, 1.54) is 0 Å². The summed E-state index contributed by atoms with van der Waals surface area (Å²) in [4.78, 5) is 16.6. The fourth-order valence-corrected chi connectivity index (χ4v) is 2.99. The van der Waals surface area contributed by atoms with Crippen LogP contribution in [0.15, 0.2) is 66.9 Å². The number of pyridine rings is 1. The van der Waals surface area contributed by atoms with E-state index in [4.69, 9.17) is 9.47 Å². The predicted octanol–water partition coefficient (Wildman–Crippen LogP) is 3.68. The van der Waals surface area contributed by atoms with E-state index < -0.39 is 0 Å². The van der Waals surface area contributed by atoms with Gasteiger partial charge in [-0.3, -0.25) is 4.79 Å². The first kappa shape index (κ1) is 20.2. The summed E-state index contributed by atoms with van der Waals surface area (Å²) in [6, 6.07) is 19.2. The number of hydrogen-bond donors (Lipinski definition) is 2. The second kappa shape index (κ2) is 10.1. The highest BCUT2D eigenvalue weighted by atomic mass is 16.5. The molecular formula is C23H25N3O3. The van der Waals surface area contributed by atoms with E-state index in [1.54, 1.807) is 26.5 Å². The van der Waals surface area contributed by atoms with Crippen molar-refractivity contribution in [2.75, 3.05) is 26.1 Å². The van der Waals surface area contributed by atoms with Gasteiger partial charge in [0, 0.05) is 18.7 Å². The number of anilines is 1. The standard InChI is InChI=1S/C23H25N3O3/c1-28-21-9-5-3-7-17(21)13-14-24-23(27)20-12-11-19(16-26-20)25-15-18-8-4-6-10-22(18)29-2/h3-12,16,25H,13-15H2,1-2H3,(H,24,27). The molecule has 0 saturated carbocycles. The molecule has 0 unspecified atom stereocenters. The number of hydrogen-bond acceptors (Lipinski definition) is 5. The van der Waals surface area contributed by atoms with Crippen LogP contribution in [0.5, 0.6) is 11.5 Å². The van der Waals surface area contributed by atoms with E-state index in [0.717, 1.165) is 28.3 Å². The van der Waals surface area contributed by atoms with Crippen LogP contribution in [0.4, 0.5) is 5.69 Å². The number of nitrogens with one attached hydrogen (secondary N) is 2. The van der Waals surface area contributed by atoms with Crippen molar-refractivity contribution in [2.24, 2.45) is 0 Å². The minimum absolute atomic E-state index is 0.198. The fourth-order valence-electron chi connectivity index (χ4n) is 2.99. The monoisotopic (exact) mass is 391 g/mol. The Morgan fingerprint density at radius 1 is 0.897 bits per heavy atom. The molecule has 0 spiro atoms. The Kier molecular flexibility index (Phi) is 7.05. The smallest absolute Gasteiger partial charge is 0.269 e. The number of aromatic nitrogens is 1. The summed E-state index contributed by atoms with van der Waals surface area (Å²) in [6.45, 7) is 1.12. The molecule has 1 amide bonds. The van der Waals surface area contributed by atoms with Crippen molar-refractivity contribution in [3.05, 3.63) is 83.7 Å². The Bertz CT molecular complexity index is 942. The zero-order valence-electron chi connectivity index (χ0n) is 16.6. The molecule has 2 N–H and O–H groups in total. The molecule has 0 radical (unpaired) electrons. The van der Waals surface area contributed by atoms with Crippen LogP contribution in [0.1, 0.15) is 21.6 Å². The summed E-state index contributed by atoms with van der Waals surface area (Å²) < 4.78 is 10.7. The topological polar surface area (TPSA) is 72.5 Å². The molecule has 150 valence electrons. The lowest BCUT2D eigenvalue weighted by Crippen LogP contribution is -2.26. The van der Waals surface area contributed by atoms with Crippen LogP contribution in [0.3, 0.4) is 0 Å². The molecular weight excluding hydrogens is 366 g/mol. The molecule has 0 aliphatic carbocycles. The highest BCUT2D eigenvalue weighted by Crippen LogP contribution is 2.19. The molecule has 1 heterocycles. The van der Waals surface area contributed by atoms with Crippen molar-refractivity contribution < 1.29 is 14.3 Å². The summed E-state index contributed by atoms with van der Waals surface area (Å²) in [5.41, 5.74) is 3.32. The second-order valence-electron chi connectivity index (χ2n) is 6.42. The van der Waals surface area contributed by atoms with Crippen molar-refractivity contribution in [3.63, 3.8) is 0 Å². The van der Waals surface area contributed by atoms with Crippen molar-refractivity contribution >= 4 is 11.6 Å². The third-order valence-electron chi connectivity index (χ3n) is 4.54. The molecule has 6 nitrogen and oxygen atoms in total. The summed E-state index contributed by atoms with van der Waals surface area (Å²) in [7, 11) is 3.30. The van der Waals surface area contributed by atoms with Gasteiger partial charge in [0.05, 0.1) is 26.1 Å². The number of carbonyl (C=O) groups excluding carboxylic acids is 1. The van der Waals surface area contributed by atoms with Gasteiger partial charge in [-0.25, -0.2) is 4.98 Å². The van der Waals surface area contributed by atoms with E-state index in [9.17, 15) is 4.79 Å². The molecule has 0 aliphatic heterocycles. The number of ether oxygens (including phenoxy) is 2. The quantitative estimate of drug-likeness (QED) is 0.582. The van der Waals surface area contributed by atoms with Crippen molar-refractivity contribution in [3.8, 4) is 11.5 Å². The molecule has 3 aromatic rings. The van der Waals surface area contributed by atoms with Crippen LogP contribution in [0.2, 0.25) is 0 Å². The van der Waals surface area contributed by atoms with Crippen LogP contribution < -0.4 is 20.1 Å². The van der Waals surface area contributed by atoms with E-state index in [0.29, 0.717) is 25.2 Å². The molecule has 0 fully saturated rings. The van der Waals surface area contributed by atoms with Gasteiger partial charge >= 0.3 is 0 Å². The molecule has 3 rings (SSSR count). The van der Waals surface area contributed by atoms with E-state index >= 15 is 0 Å². The van der Waals surface area contributed by atoms with Crippen molar-refractivity contribution in [1.82, 2.24) is 10.3 Å². The Hall–Kier alpha value is -3.54. The average molecular weight is 391 g/mol. The first-order valence-corrected chi connectivity index (χ1v) is 9.43. The van der Waals surface area contributed by atoms with Crippen LogP contribution in [0, 0.1) is 0 Å². The van der Waals surface area contributed by atoms with Crippen LogP contribution in [-0.4, -0.2) is 31.7 Å². The summed E-state index contributed by atoms with van der Waals surface area (Å²) in [5.74, 6) is 1.46.